The number of halogens is 3. The van der Waals surface area contributed by atoms with Gasteiger partial charge in [-0.15, -0.1) is 6.42 Å². The monoisotopic (exact) mass is 538 g/mol. The Balaban J connectivity index is 2.44. The lowest BCUT2D eigenvalue weighted by Crippen LogP contribution is -2.35. The molecule has 0 bridgehead atoms. The molecule has 0 amide bonds. The molecule has 1 N–H and O–H groups in total. The molecule has 196 valence electrons. The van der Waals surface area contributed by atoms with E-state index in [4.69, 9.17) is 20.2 Å². The number of carbonyl (C=O) groups is 1. The number of nitrogens with zero attached hydrogens (tertiary/aromatic N) is 1. The third-order valence-corrected chi connectivity index (χ3v) is 6.10. The molecular weight excluding hydrogens is 516 g/mol. The van der Waals surface area contributed by atoms with E-state index in [1.165, 1.54) is 31.2 Å². The number of carbonyl (C=O) groups excluding carboxylic acids is 1. The van der Waals surface area contributed by atoms with E-state index in [1.807, 2.05) is 0 Å². The standard InChI is InChI=1S/C24H22F3N2O7P/c1-4-11-21(29(31)32)22(17(2)24(25,26)27)36-37(33,35-20-14-9-6-10-15-20)28-18(3)23(30)34-16-19-12-7-5-8-13-19/h1,5-15,18H,16H2,2-3H3,(H,28,33)/b21-11+,22-17-/t18-,37?/m0/s1. The van der Waals surface area contributed by atoms with Gasteiger partial charge in [0.15, 0.2) is 0 Å². The van der Waals surface area contributed by atoms with Gasteiger partial charge < -0.3 is 13.8 Å². The summed E-state index contributed by atoms with van der Waals surface area (Å²) >= 11 is 0. The highest BCUT2D eigenvalue weighted by atomic mass is 31.2. The first kappa shape index (κ1) is 29.2. The molecule has 0 aliphatic heterocycles. The summed E-state index contributed by atoms with van der Waals surface area (Å²) in [6.45, 7) is 1.53. The Morgan fingerprint density at radius 3 is 2.27 bits per heavy atom. The van der Waals surface area contributed by atoms with E-state index in [1.54, 1.807) is 42.3 Å². The van der Waals surface area contributed by atoms with Crippen LogP contribution < -0.4 is 9.61 Å². The average Bonchev–Trinajstić information content (AvgIpc) is 2.84. The zero-order valence-corrected chi connectivity index (χ0v) is 20.5. The molecule has 2 aromatic rings. The molecule has 2 rings (SSSR count). The molecule has 37 heavy (non-hydrogen) atoms. The Bertz CT molecular complexity index is 1260. The summed E-state index contributed by atoms with van der Waals surface area (Å²) in [5.41, 5.74) is -2.26. The third-order valence-electron chi connectivity index (χ3n) is 4.52. The van der Waals surface area contributed by atoms with Gasteiger partial charge >= 0.3 is 25.6 Å². The summed E-state index contributed by atoms with van der Waals surface area (Å²) in [4.78, 5) is 22.8. The van der Waals surface area contributed by atoms with Gasteiger partial charge in [-0.25, -0.2) is 4.57 Å². The molecule has 0 spiro atoms. The number of terminal acetylenes is 1. The first-order valence-corrected chi connectivity index (χ1v) is 12.0. The first-order valence-electron chi connectivity index (χ1n) is 10.5. The molecule has 0 heterocycles. The molecule has 0 aliphatic carbocycles. The zero-order valence-electron chi connectivity index (χ0n) is 19.6. The maximum absolute atomic E-state index is 13.7. The van der Waals surface area contributed by atoms with Crippen LogP contribution in [-0.2, 0) is 25.2 Å². The number of alkyl halides is 3. The van der Waals surface area contributed by atoms with E-state index in [0.29, 0.717) is 18.6 Å². The molecule has 0 saturated heterocycles. The average molecular weight is 538 g/mol. The zero-order chi connectivity index (χ0) is 27.6. The van der Waals surface area contributed by atoms with Gasteiger partial charge in [0.25, 0.3) is 0 Å². The van der Waals surface area contributed by atoms with E-state index in [0.717, 1.165) is 0 Å². The highest BCUT2D eigenvalue weighted by Gasteiger charge is 2.43. The van der Waals surface area contributed by atoms with E-state index in [-0.39, 0.29) is 12.4 Å². The number of esters is 1. The van der Waals surface area contributed by atoms with Gasteiger partial charge in [-0.3, -0.25) is 14.9 Å². The summed E-state index contributed by atoms with van der Waals surface area (Å²) in [6, 6.07) is 14.2. The molecule has 9 nitrogen and oxygen atoms in total. The van der Waals surface area contributed by atoms with Crippen molar-refractivity contribution in [3.8, 4) is 18.1 Å². The van der Waals surface area contributed by atoms with Gasteiger partial charge in [0, 0.05) is 0 Å². The highest BCUT2D eigenvalue weighted by molar-refractivity contribution is 7.52. The number of ether oxygens (including phenoxy) is 1. The topological polar surface area (TPSA) is 117 Å². The van der Waals surface area contributed by atoms with E-state index >= 15 is 0 Å². The molecule has 0 saturated carbocycles. The summed E-state index contributed by atoms with van der Waals surface area (Å²) in [6.07, 6.45) is 0.319. The maximum atomic E-state index is 13.7. The van der Waals surface area contributed by atoms with Crippen molar-refractivity contribution in [2.45, 2.75) is 32.7 Å². The van der Waals surface area contributed by atoms with Crippen LogP contribution in [0, 0.1) is 22.5 Å². The van der Waals surface area contributed by atoms with Crippen molar-refractivity contribution in [2.24, 2.45) is 0 Å². The summed E-state index contributed by atoms with van der Waals surface area (Å²) in [7, 11) is -4.97. The molecule has 2 atom stereocenters. The number of hydrogen-bond donors (Lipinski definition) is 1. The minimum Gasteiger partial charge on any atom is -0.460 e. The number of allylic oxidation sites excluding steroid dienone is 2. The van der Waals surface area contributed by atoms with Crippen molar-refractivity contribution in [1.82, 2.24) is 5.09 Å². The molecular formula is C24H22F3N2O7P. The number of rotatable bonds is 11. The van der Waals surface area contributed by atoms with Crippen LogP contribution in [0.4, 0.5) is 13.2 Å². The van der Waals surface area contributed by atoms with Gasteiger partial charge in [0.05, 0.1) is 16.6 Å². The second-order valence-electron chi connectivity index (χ2n) is 7.34. The SMILES string of the molecule is C#C/C=C(\C(OP(=O)(N[C@@H](C)C(=O)OCc1ccccc1)Oc1ccccc1)=C(/C)C(F)(F)F)[N+](=O)[O-]. The van der Waals surface area contributed by atoms with Gasteiger partial charge in [-0.05, 0) is 31.5 Å². The number of benzene rings is 2. The van der Waals surface area contributed by atoms with Gasteiger partial charge in [-0.1, -0.05) is 54.5 Å². The molecule has 0 aromatic heterocycles. The van der Waals surface area contributed by atoms with Crippen molar-refractivity contribution >= 4 is 13.7 Å². The smallest absolute Gasteiger partial charge is 0.460 e. The summed E-state index contributed by atoms with van der Waals surface area (Å²) < 4.78 is 69.8. The highest BCUT2D eigenvalue weighted by Crippen LogP contribution is 2.49. The van der Waals surface area contributed by atoms with E-state index < -0.39 is 47.9 Å². The van der Waals surface area contributed by atoms with Gasteiger partial charge in [0.1, 0.15) is 18.4 Å². The molecule has 0 fully saturated rings. The predicted octanol–water partition coefficient (Wildman–Crippen LogP) is 5.54. The number of nitrogens with one attached hydrogen (secondary N) is 1. The molecule has 2 aromatic carbocycles. The first-order chi connectivity index (χ1) is 17.4. The van der Waals surface area contributed by atoms with Crippen molar-refractivity contribution < 1.29 is 41.2 Å². The lowest BCUT2D eigenvalue weighted by molar-refractivity contribution is -0.423. The molecule has 0 aliphatic rings. The fraction of sp³-hybridized carbons (Fsp3) is 0.208. The predicted molar refractivity (Wildman–Crippen MR) is 127 cm³/mol. The molecule has 0 radical (unpaired) electrons. The minimum atomic E-state index is -5.13. The van der Waals surface area contributed by atoms with Crippen molar-refractivity contribution in [2.75, 3.05) is 0 Å². The fourth-order valence-electron chi connectivity index (χ4n) is 2.67. The molecule has 1 unspecified atom stereocenters. The van der Waals surface area contributed by atoms with E-state index in [9.17, 15) is 32.6 Å². The van der Waals surface area contributed by atoms with Crippen LogP contribution in [0.3, 0.4) is 0 Å². The Morgan fingerprint density at radius 1 is 1.19 bits per heavy atom. The summed E-state index contributed by atoms with van der Waals surface area (Å²) in [5, 5.41) is 13.7. The number of nitro groups is 1. The van der Waals surface area contributed by atoms with Crippen LogP contribution in [0.25, 0.3) is 0 Å². The lowest BCUT2D eigenvalue weighted by Gasteiger charge is -2.24. The van der Waals surface area contributed by atoms with Crippen LogP contribution >= 0.6 is 7.75 Å². The van der Waals surface area contributed by atoms with E-state index in [2.05, 4.69) is 5.09 Å². The largest absolute Gasteiger partial charge is 0.513 e. The third kappa shape index (κ3) is 8.83. The fourth-order valence-corrected chi connectivity index (χ4v) is 4.26. The van der Waals surface area contributed by atoms with Crippen LogP contribution in [-0.4, -0.2) is 23.1 Å². The minimum absolute atomic E-state index is 0.129. The van der Waals surface area contributed by atoms with Crippen molar-refractivity contribution in [1.29, 1.82) is 0 Å². The Kier molecular flexibility index (Phi) is 10.1. The second-order valence-corrected chi connectivity index (χ2v) is 8.96. The van der Waals surface area contributed by atoms with Crippen molar-refractivity contribution in [3.63, 3.8) is 0 Å². The second kappa shape index (κ2) is 12.8. The lowest BCUT2D eigenvalue weighted by atomic mass is 10.2. The van der Waals surface area contributed by atoms with Gasteiger partial charge in [0.2, 0.25) is 5.76 Å². The van der Waals surface area contributed by atoms with Crippen LogP contribution in [0.2, 0.25) is 0 Å². The van der Waals surface area contributed by atoms with Crippen LogP contribution in [0.1, 0.15) is 19.4 Å². The van der Waals surface area contributed by atoms with Crippen LogP contribution in [0.15, 0.2) is 83.8 Å². The normalized spacial score (nSPS) is 14.9. The Hall–Kier alpha value is -4.07. The van der Waals surface area contributed by atoms with Crippen molar-refractivity contribution in [3.05, 3.63) is 99.4 Å². The molecule has 13 heteroatoms. The Labute approximate surface area is 210 Å². The Morgan fingerprint density at radius 2 is 1.76 bits per heavy atom. The van der Waals surface area contributed by atoms with Gasteiger partial charge in [-0.2, -0.15) is 18.3 Å². The summed E-state index contributed by atoms with van der Waals surface area (Å²) in [5.74, 6) is -0.776. The number of para-hydroxylation sites is 1. The van der Waals surface area contributed by atoms with Crippen LogP contribution in [0.5, 0.6) is 5.75 Å². The number of hydrogen-bond acceptors (Lipinski definition) is 7. The quantitative estimate of drug-likeness (QED) is 0.0754. The maximum Gasteiger partial charge on any atom is 0.513 e.